The van der Waals surface area contributed by atoms with Gasteiger partial charge in [-0.25, -0.2) is 4.39 Å². The van der Waals surface area contributed by atoms with Crippen LogP contribution in [0.3, 0.4) is 0 Å². The lowest BCUT2D eigenvalue weighted by atomic mass is 9.90. The van der Waals surface area contributed by atoms with E-state index in [9.17, 15) is 27.2 Å². The molecule has 2 saturated heterocycles. The number of alkyl halides is 3. The van der Waals surface area contributed by atoms with E-state index in [1.807, 2.05) is 0 Å². The molecule has 2 fully saturated rings. The van der Waals surface area contributed by atoms with E-state index in [4.69, 9.17) is 10.00 Å². The Balaban J connectivity index is 1.65. The molecule has 0 aliphatic carbocycles. The molecule has 0 radical (unpaired) electrons. The van der Waals surface area contributed by atoms with Crippen molar-refractivity contribution in [3.05, 3.63) is 65.0 Å². The van der Waals surface area contributed by atoms with Gasteiger partial charge in [-0.3, -0.25) is 14.5 Å². The molecule has 0 aromatic heterocycles. The number of halogens is 4. The van der Waals surface area contributed by atoms with Gasteiger partial charge in [0.2, 0.25) is 5.91 Å². The van der Waals surface area contributed by atoms with Gasteiger partial charge < -0.3 is 9.64 Å². The largest absolute Gasteiger partial charge is 0.416 e. The number of hydrogen-bond acceptors (Lipinski definition) is 4. The fourth-order valence-electron chi connectivity index (χ4n) is 4.04. The highest BCUT2D eigenvalue weighted by Crippen LogP contribution is 2.37. The summed E-state index contributed by atoms with van der Waals surface area (Å²) in [6, 6.07) is 9.77. The lowest BCUT2D eigenvalue weighted by molar-refractivity contribution is -0.152. The molecule has 4 rings (SSSR count). The summed E-state index contributed by atoms with van der Waals surface area (Å²) >= 11 is 0. The summed E-state index contributed by atoms with van der Waals surface area (Å²) in [6.07, 6.45) is -4.31. The summed E-state index contributed by atoms with van der Waals surface area (Å²) in [6.45, 7) is -0.432. The van der Waals surface area contributed by atoms with Gasteiger partial charge in [0, 0.05) is 19.6 Å². The Morgan fingerprint density at radius 3 is 2.41 bits per heavy atom. The first-order valence-corrected chi connectivity index (χ1v) is 9.72. The quantitative estimate of drug-likeness (QED) is 0.678. The number of anilines is 1. The Labute approximate surface area is 180 Å². The fourth-order valence-corrected chi connectivity index (χ4v) is 4.04. The first-order valence-electron chi connectivity index (χ1n) is 9.72. The molecule has 0 bridgehead atoms. The molecule has 2 amide bonds. The van der Waals surface area contributed by atoms with Crippen molar-refractivity contribution in [2.45, 2.75) is 24.7 Å². The number of nitriles is 1. The minimum absolute atomic E-state index is 0.0740. The molecule has 166 valence electrons. The zero-order valence-corrected chi connectivity index (χ0v) is 16.7. The lowest BCUT2D eigenvalue weighted by Crippen LogP contribution is -2.68. The van der Waals surface area contributed by atoms with E-state index in [-0.39, 0.29) is 37.4 Å². The van der Waals surface area contributed by atoms with Crippen molar-refractivity contribution >= 4 is 17.5 Å². The van der Waals surface area contributed by atoms with Gasteiger partial charge in [-0.15, -0.1) is 0 Å². The van der Waals surface area contributed by atoms with Crippen LogP contribution in [0.15, 0.2) is 42.5 Å². The number of carbonyl (C=O) groups is 2. The maximum Gasteiger partial charge on any atom is 0.416 e. The Morgan fingerprint density at radius 1 is 1.12 bits per heavy atom. The average Bonchev–Trinajstić information content (AvgIpc) is 3.24. The van der Waals surface area contributed by atoms with Crippen LogP contribution in [0, 0.1) is 17.1 Å². The first kappa shape index (κ1) is 21.8. The Hall–Kier alpha value is -3.45. The maximum absolute atomic E-state index is 14.6. The molecule has 1 spiro atoms. The number of rotatable bonds is 3. The van der Waals surface area contributed by atoms with Crippen molar-refractivity contribution < 1.29 is 31.9 Å². The van der Waals surface area contributed by atoms with Gasteiger partial charge in [0.15, 0.2) is 0 Å². The average molecular weight is 447 g/mol. The van der Waals surface area contributed by atoms with Gasteiger partial charge >= 0.3 is 6.18 Å². The van der Waals surface area contributed by atoms with Crippen LogP contribution in [0.5, 0.6) is 0 Å². The standard InChI is InChI=1S/C22H17F4N3O3/c23-17-9-15(10-27)3-6-18(17)28-12-19(30)29(21(20(28)31)7-8-32-13-21)11-14-1-4-16(5-2-14)22(24,25)26/h1-6,9H,7-8,11-13H2. The molecule has 2 aromatic carbocycles. The third kappa shape index (κ3) is 3.69. The molecule has 1 unspecified atom stereocenters. The van der Waals surface area contributed by atoms with Crippen LogP contribution in [0.2, 0.25) is 0 Å². The first-order chi connectivity index (χ1) is 15.2. The highest BCUT2D eigenvalue weighted by molar-refractivity contribution is 6.09. The zero-order valence-electron chi connectivity index (χ0n) is 16.7. The minimum Gasteiger partial charge on any atom is -0.378 e. The molecule has 0 N–H and O–H groups in total. The summed E-state index contributed by atoms with van der Waals surface area (Å²) in [4.78, 5) is 28.9. The smallest absolute Gasteiger partial charge is 0.378 e. The molecule has 2 heterocycles. The highest BCUT2D eigenvalue weighted by atomic mass is 19.4. The van der Waals surface area contributed by atoms with Gasteiger partial charge in [-0.2, -0.15) is 18.4 Å². The predicted molar refractivity (Wildman–Crippen MR) is 104 cm³/mol. The van der Waals surface area contributed by atoms with Crippen molar-refractivity contribution in [3.63, 3.8) is 0 Å². The second-order valence-corrected chi connectivity index (χ2v) is 7.68. The Kier molecular flexibility index (Phi) is 5.38. The second-order valence-electron chi connectivity index (χ2n) is 7.68. The van der Waals surface area contributed by atoms with E-state index in [1.165, 1.54) is 29.2 Å². The van der Waals surface area contributed by atoms with Crippen molar-refractivity contribution in [1.82, 2.24) is 4.90 Å². The molecule has 10 heteroatoms. The maximum atomic E-state index is 14.6. The normalized spacial score (nSPS) is 21.3. The summed E-state index contributed by atoms with van der Waals surface area (Å²) in [7, 11) is 0. The monoisotopic (exact) mass is 447 g/mol. The number of nitrogens with zero attached hydrogens (tertiary/aromatic N) is 3. The molecular formula is C22H17F4N3O3. The van der Waals surface area contributed by atoms with Gasteiger partial charge in [-0.1, -0.05) is 12.1 Å². The summed E-state index contributed by atoms with van der Waals surface area (Å²) in [5.74, 6) is -1.83. The summed E-state index contributed by atoms with van der Waals surface area (Å²) in [5.41, 5.74) is -1.84. The number of piperazine rings is 1. The SMILES string of the molecule is N#Cc1ccc(N2CC(=O)N(Cc3ccc(C(F)(F)F)cc3)C3(CCOC3)C2=O)c(F)c1. The number of ether oxygens (including phenoxy) is 1. The summed E-state index contributed by atoms with van der Waals surface area (Å²) in [5, 5.41) is 8.92. The van der Waals surface area contributed by atoms with E-state index >= 15 is 0 Å². The van der Waals surface area contributed by atoms with E-state index in [2.05, 4.69) is 0 Å². The van der Waals surface area contributed by atoms with Crippen LogP contribution in [0.25, 0.3) is 0 Å². The zero-order chi connectivity index (χ0) is 23.1. The predicted octanol–water partition coefficient (Wildman–Crippen LogP) is 3.25. The summed E-state index contributed by atoms with van der Waals surface area (Å²) < 4.78 is 58.5. The molecular weight excluding hydrogens is 430 g/mol. The van der Waals surface area contributed by atoms with Crippen LogP contribution >= 0.6 is 0 Å². The topological polar surface area (TPSA) is 73.6 Å². The number of carbonyl (C=O) groups excluding carboxylic acids is 2. The minimum atomic E-state index is -4.48. The Morgan fingerprint density at radius 2 is 1.84 bits per heavy atom. The molecule has 2 aromatic rings. The second kappa shape index (κ2) is 7.91. The van der Waals surface area contributed by atoms with Crippen molar-refractivity contribution in [1.29, 1.82) is 5.26 Å². The number of amides is 2. The molecule has 0 saturated carbocycles. The van der Waals surface area contributed by atoms with Gasteiger partial charge in [-0.05, 0) is 35.9 Å². The molecule has 2 aliphatic heterocycles. The van der Waals surface area contributed by atoms with Crippen molar-refractivity contribution in [2.24, 2.45) is 0 Å². The molecule has 1 atom stereocenters. The van der Waals surface area contributed by atoms with Crippen LogP contribution in [-0.2, 0) is 27.0 Å². The van der Waals surface area contributed by atoms with Crippen molar-refractivity contribution in [2.75, 3.05) is 24.7 Å². The highest BCUT2D eigenvalue weighted by Gasteiger charge is 2.55. The molecule has 32 heavy (non-hydrogen) atoms. The van der Waals surface area contributed by atoms with E-state index in [0.717, 1.165) is 23.1 Å². The van der Waals surface area contributed by atoms with Crippen LogP contribution in [0.1, 0.15) is 23.1 Å². The lowest BCUT2D eigenvalue weighted by Gasteiger charge is -2.46. The van der Waals surface area contributed by atoms with E-state index in [1.54, 1.807) is 6.07 Å². The third-order valence-corrected chi connectivity index (χ3v) is 5.74. The Bertz CT molecular complexity index is 1100. The number of hydrogen-bond donors (Lipinski definition) is 0. The molecule has 2 aliphatic rings. The fraction of sp³-hybridized carbons (Fsp3) is 0.318. The van der Waals surface area contributed by atoms with Gasteiger partial charge in [0.1, 0.15) is 17.9 Å². The van der Waals surface area contributed by atoms with E-state index < -0.39 is 41.5 Å². The number of benzene rings is 2. The van der Waals surface area contributed by atoms with Crippen LogP contribution in [-0.4, -0.2) is 42.0 Å². The van der Waals surface area contributed by atoms with Gasteiger partial charge in [0.05, 0.1) is 29.5 Å². The third-order valence-electron chi connectivity index (χ3n) is 5.74. The van der Waals surface area contributed by atoms with Gasteiger partial charge in [0.25, 0.3) is 5.91 Å². The van der Waals surface area contributed by atoms with Crippen molar-refractivity contribution in [3.8, 4) is 6.07 Å². The van der Waals surface area contributed by atoms with Crippen LogP contribution < -0.4 is 4.90 Å². The molecule has 6 nitrogen and oxygen atoms in total. The van der Waals surface area contributed by atoms with Crippen LogP contribution in [0.4, 0.5) is 23.2 Å². The van der Waals surface area contributed by atoms with E-state index in [0.29, 0.717) is 5.56 Å².